The van der Waals surface area contributed by atoms with Gasteiger partial charge in [-0.1, -0.05) is 72.8 Å². The molecule has 0 spiro atoms. The van der Waals surface area contributed by atoms with Crippen LogP contribution in [0, 0.1) is 0 Å². The van der Waals surface area contributed by atoms with E-state index in [1.54, 1.807) is 29.4 Å². The lowest BCUT2D eigenvalue weighted by atomic mass is 10.1. The number of nitrogens with zero attached hydrogens (tertiary/aromatic N) is 2. The molecule has 1 aliphatic rings. The lowest BCUT2D eigenvalue weighted by molar-refractivity contribution is -0.120. The Bertz CT molecular complexity index is 1370. The van der Waals surface area contributed by atoms with E-state index in [0.29, 0.717) is 29.5 Å². The van der Waals surface area contributed by atoms with E-state index in [9.17, 15) is 9.59 Å². The number of anilines is 1. The number of nitrogens with one attached hydrogen (secondary N) is 1. The van der Waals surface area contributed by atoms with Crippen molar-refractivity contribution in [2.75, 3.05) is 4.90 Å². The molecule has 0 unspecified atom stereocenters. The van der Waals surface area contributed by atoms with E-state index < -0.39 is 0 Å². The van der Waals surface area contributed by atoms with Gasteiger partial charge in [0.15, 0.2) is 0 Å². The maximum atomic E-state index is 13.3. The zero-order chi connectivity index (χ0) is 24.0. The van der Waals surface area contributed by atoms with E-state index in [4.69, 9.17) is 4.42 Å². The van der Waals surface area contributed by atoms with Gasteiger partial charge in [-0.05, 0) is 35.4 Å². The van der Waals surface area contributed by atoms with Gasteiger partial charge in [-0.2, -0.15) is 0 Å². The van der Waals surface area contributed by atoms with Crippen LogP contribution in [0.1, 0.15) is 22.5 Å². The molecule has 6 nitrogen and oxygen atoms in total. The van der Waals surface area contributed by atoms with Crippen LogP contribution in [0.2, 0.25) is 0 Å². The first kappa shape index (κ1) is 22.1. The van der Waals surface area contributed by atoms with Crippen molar-refractivity contribution in [3.63, 3.8) is 0 Å². The number of carbonyl (C=O) groups is 2. The Hall–Kier alpha value is -4.71. The molecule has 3 aromatic carbocycles. The van der Waals surface area contributed by atoms with Gasteiger partial charge < -0.3 is 9.73 Å². The van der Waals surface area contributed by atoms with E-state index in [2.05, 4.69) is 10.3 Å². The van der Waals surface area contributed by atoms with E-state index >= 15 is 0 Å². The number of furan rings is 1. The number of amidine groups is 1. The molecule has 1 aromatic heterocycles. The van der Waals surface area contributed by atoms with Gasteiger partial charge in [-0.3, -0.25) is 14.5 Å². The summed E-state index contributed by atoms with van der Waals surface area (Å²) in [5, 5.41) is 2.94. The van der Waals surface area contributed by atoms with Crippen LogP contribution in [0.4, 0.5) is 5.69 Å². The molecule has 2 amide bonds. The molecule has 0 atom stereocenters. The number of carbonyl (C=O) groups excluding carboxylic acids is 2. The Kier molecular flexibility index (Phi) is 6.35. The Morgan fingerprint density at radius 2 is 1.57 bits per heavy atom. The highest BCUT2D eigenvalue weighted by atomic mass is 16.3. The van der Waals surface area contributed by atoms with Crippen molar-refractivity contribution in [1.82, 2.24) is 5.32 Å². The third-order valence-corrected chi connectivity index (χ3v) is 5.61. The average Bonchev–Trinajstić information content (AvgIpc) is 3.53. The molecular formula is C29H23N3O3. The summed E-state index contributed by atoms with van der Waals surface area (Å²) in [6.07, 6.45) is 3.45. The summed E-state index contributed by atoms with van der Waals surface area (Å²) < 4.78 is 5.37. The minimum Gasteiger partial charge on any atom is -0.465 e. The number of rotatable bonds is 7. The first-order chi connectivity index (χ1) is 17.2. The lowest BCUT2D eigenvalue weighted by Gasteiger charge is -2.19. The summed E-state index contributed by atoms with van der Waals surface area (Å²) in [4.78, 5) is 31.9. The maximum Gasteiger partial charge on any atom is 0.282 e. The van der Waals surface area contributed by atoms with Crippen molar-refractivity contribution in [3.8, 4) is 0 Å². The van der Waals surface area contributed by atoms with Gasteiger partial charge in [0, 0.05) is 18.2 Å². The smallest absolute Gasteiger partial charge is 0.282 e. The van der Waals surface area contributed by atoms with Gasteiger partial charge in [0.05, 0.1) is 18.4 Å². The zero-order valence-electron chi connectivity index (χ0n) is 18.9. The van der Waals surface area contributed by atoms with Crippen LogP contribution in [-0.4, -0.2) is 17.6 Å². The predicted octanol–water partition coefficient (Wildman–Crippen LogP) is 4.97. The molecule has 0 saturated carbocycles. The van der Waals surface area contributed by atoms with Crippen molar-refractivity contribution in [2.24, 2.45) is 4.99 Å². The van der Waals surface area contributed by atoms with Gasteiger partial charge in [-0.25, -0.2) is 4.99 Å². The minimum absolute atomic E-state index is 0.0611. The monoisotopic (exact) mass is 461 g/mol. The molecule has 0 saturated heterocycles. The molecule has 5 rings (SSSR count). The van der Waals surface area contributed by atoms with Crippen LogP contribution in [0.25, 0.3) is 6.08 Å². The Balaban J connectivity index is 1.34. The number of benzene rings is 3. The van der Waals surface area contributed by atoms with Crippen molar-refractivity contribution < 1.29 is 14.0 Å². The molecule has 0 bridgehead atoms. The number of amides is 2. The van der Waals surface area contributed by atoms with Crippen LogP contribution in [-0.2, 0) is 22.6 Å². The molecule has 4 aromatic rings. The zero-order valence-corrected chi connectivity index (χ0v) is 18.9. The molecule has 2 heterocycles. The van der Waals surface area contributed by atoms with Crippen LogP contribution in [0.15, 0.2) is 118 Å². The van der Waals surface area contributed by atoms with Crippen molar-refractivity contribution >= 4 is 29.4 Å². The standard InChI is InChI=1S/C29H23N3O3/c33-27(30-20-22-8-3-1-4-9-22)18-21-13-15-24(16-14-21)32-28(23-10-5-2-6-11-23)31-26(29(32)34)19-25-12-7-17-35-25/h1-17,19H,18,20H2,(H,30,33). The average molecular weight is 462 g/mol. The van der Waals surface area contributed by atoms with Gasteiger partial charge >= 0.3 is 0 Å². The molecule has 6 heteroatoms. The SMILES string of the molecule is O=C(Cc1ccc(N2C(=O)C(=Cc3ccco3)N=C2c2ccccc2)cc1)NCc1ccccc1. The van der Waals surface area contributed by atoms with Crippen molar-refractivity contribution in [2.45, 2.75) is 13.0 Å². The van der Waals surface area contributed by atoms with Gasteiger partial charge in [0.25, 0.3) is 5.91 Å². The summed E-state index contributed by atoms with van der Waals surface area (Å²) in [7, 11) is 0. The molecule has 172 valence electrons. The highest BCUT2D eigenvalue weighted by molar-refractivity contribution is 6.33. The van der Waals surface area contributed by atoms with Gasteiger partial charge in [0.1, 0.15) is 17.3 Å². The third kappa shape index (κ3) is 5.12. The fourth-order valence-corrected chi connectivity index (χ4v) is 3.85. The number of hydrogen-bond donors (Lipinski definition) is 1. The van der Waals surface area contributed by atoms with E-state index in [1.807, 2.05) is 84.9 Å². The summed E-state index contributed by atoms with van der Waals surface area (Å²) in [5.41, 5.74) is 3.70. The number of hydrogen-bond acceptors (Lipinski definition) is 4. The van der Waals surface area contributed by atoms with E-state index in [-0.39, 0.29) is 18.2 Å². The van der Waals surface area contributed by atoms with Crippen molar-refractivity contribution in [3.05, 3.63) is 131 Å². The Morgan fingerprint density at radius 3 is 2.26 bits per heavy atom. The first-order valence-electron chi connectivity index (χ1n) is 11.3. The van der Waals surface area contributed by atoms with Crippen LogP contribution in [0.3, 0.4) is 0 Å². The van der Waals surface area contributed by atoms with E-state index in [0.717, 1.165) is 16.7 Å². The Morgan fingerprint density at radius 1 is 0.857 bits per heavy atom. The fourth-order valence-electron chi connectivity index (χ4n) is 3.85. The molecule has 0 radical (unpaired) electrons. The van der Waals surface area contributed by atoms with Crippen LogP contribution >= 0.6 is 0 Å². The fraction of sp³-hybridized carbons (Fsp3) is 0.0690. The molecule has 35 heavy (non-hydrogen) atoms. The highest BCUT2D eigenvalue weighted by Gasteiger charge is 2.32. The van der Waals surface area contributed by atoms with Crippen LogP contribution in [0.5, 0.6) is 0 Å². The largest absolute Gasteiger partial charge is 0.465 e. The summed E-state index contributed by atoms with van der Waals surface area (Å²) in [6, 6.07) is 30.3. The van der Waals surface area contributed by atoms with Gasteiger partial charge in [0.2, 0.25) is 5.91 Å². The van der Waals surface area contributed by atoms with E-state index in [1.165, 1.54) is 0 Å². The van der Waals surface area contributed by atoms with Gasteiger partial charge in [-0.15, -0.1) is 0 Å². The summed E-state index contributed by atoms with van der Waals surface area (Å²) in [5.74, 6) is 0.799. The molecule has 1 aliphatic heterocycles. The first-order valence-corrected chi connectivity index (χ1v) is 11.3. The topological polar surface area (TPSA) is 74.9 Å². The highest BCUT2D eigenvalue weighted by Crippen LogP contribution is 2.28. The maximum absolute atomic E-state index is 13.3. The number of aliphatic imine (C=N–C) groups is 1. The lowest BCUT2D eigenvalue weighted by Crippen LogP contribution is -2.32. The third-order valence-electron chi connectivity index (χ3n) is 5.61. The predicted molar refractivity (Wildman–Crippen MR) is 136 cm³/mol. The van der Waals surface area contributed by atoms with Crippen molar-refractivity contribution in [1.29, 1.82) is 0 Å². The minimum atomic E-state index is -0.242. The normalized spacial score (nSPS) is 14.3. The quantitative estimate of drug-likeness (QED) is 0.395. The molecule has 0 aliphatic carbocycles. The Labute approximate surface area is 203 Å². The second-order valence-electron chi connectivity index (χ2n) is 8.09. The second kappa shape index (κ2) is 10.1. The van der Waals surface area contributed by atoms with Crippen LogP contribution < -0.4 is 10.2 Å². The molecular weight excluding hydrogens is 438 g/mol. The molecule has 1 N–H and O–H groups in total. The molecule has 0 fully saturated rings. The summed E-state index contributed by atoms with van der Waals surface area (Å²) in [6.45, 7) is 0.488. The summed E-state index contributed by atoms with van der Waals surface area (Å²) >= 11 is 0. The second-order valence-corrected chi connectivity index (χ2v) is 8.09.